The molecule has 18 heavy (non-hydrogen) atoms. The lowest BCUT2D eigenvalue weighted by atomic mass is 10.1. The normalized spacial score (nSPS) is 31.2. The topological polar surface area (TPSA) is 24.5 Å². The van der Waals surface area contributed by atoms with Crippen molar-refractivity contribution in [2.24, 2.45) is 0 Å². The van der Waals surface area contributed by atoms with E-state index < -0.39 is 0 Å². The molecular weight excluding hydrogens is 224 g/mol. The maximum absolute atomic E-state index is 5.79. The molecule has 2 fully saturated rings. The summed E-state index contributed by atoms with van der Waals surface area (Å²) in [6, 6.07) is 0.720. The Hall–Kier alpha value is -0.120. The molecule has 2 atom stereocenters. The Labute approximate surface area is 112 Å². The Morgan fingerprint density at radius 3 is 2.83 bits per heavy atom. The molecule has 0 aromatic rings. The molecule has 2 saturated heterocycles. The standard InChI is InChI=1S/C15H30N2O/c1-2-9-17-10-5-6-14(8-11-17)16-13-15-7-3-4-12-18-15/h14-16H,2-13H2,1H3. The summed E-state index contributed by atoms with van der Waals surface area (Å²) in [5, 5.41) is 3.74. The highest BCUT2D eigenvalue weighted by Crippen LogP contribution is 2.14. The van der Waals surface area contributed by atoms with Crippen molar-refractivity contribution in [3.05, 3.63) is 0 Å². The third-order valence-electron chi connectivity index (χ3n) is 4.27. The zero-order valence-electron chi connectivity index (χ0n) is 12.0. The number of rotatable bonds is 5. The minimum Gasteiger partial charge on any atom is -0.377 e. The molecule has 106 valence electrons. The van der Waals surface area contributed by atoms with Gasteiger partial charge in [0.1, 0.15) is 0 Å². The molecule has 3 nitrogen and oxygen atoms in total. The van der Waals surface area contributed by atoms with E-state index in [1.165, 1.54) is 64.6 Å². The molecule has 0 spiro atoms. The third kappa shape index (κ3) is 4.87. The van der Waals surface area contributed by atoms with Crippen molar-refractivity contribution in [1.82, 2.24) is 10.2 Å². The van der Waals surface area contributed by atoms with E-state index in [9.17, 15) is 0 Å². The van der Waals surface area contributed by atoms with Crippen LogP contribution < -0.4 is 5.32 Å². The van der Waals surface area contributed by atoms with Gasteiger partial charge in [-0.1, -0.05) is 6.92 Å². The number of nitrogens with one attached hydrogen (secondary N) is 1. The van der Waals surface area contributed by atoms with Gasteiger partial charge in [-0.15, -0.1) is 0 Å². The van der Waals surface area contributed by atoms with Crippen LogP contribution in [0.3, 0.4) is 0 Å². The lowest BCUT2D eigenvalue weighted by molar-refractivity contribution is 0.0151. The van der Waals surface area contributed by atoms with Crippen LogP contribution in [0.15, 0.2) is 0 Å². The molecular formula is C15H30N2O. The highest BCUT2D eigenvalue weighted by atomic mass is 16.5. The van der Waals surface area contributed by atoms with Gasteiger partial charge in [-0.3, -0.25) is 0 Å². The molecule has 0 bridgehead atoms. The van der Waals surface area contributed by atoms with Crippen LogP contribution in [0.25, 0.3) is 0 Å². The summed E-state index contributed by atoms with van der Waals surface area (Å²) >= 11 is 0. The van der Waals surface area contributed by atoms with Gasteiger partial charge in [0, 0.05) is 19.2 Å². The van der Waals surface area contributed by atoms with E-state index in [1.807, 2.05) is 0 Å². The first-order valence-corrected chi connectivity index (χ1v) is 7.96. The Balaban J connectivity index is 1.63. The first kappa shape index (κ1) is 14.3. The highest BCUT2D eigenvalue weighted by Gasteiger charge is 2.19. The van der Waals surface area contributed by atoms with Gasteiger partial charge in [0.2, 0.25) is 0 Å². The second-order valence-electron chi connectivity index (χ2n) is 5.87. The fraction of sp³-hybridized carbons (Fsp3) is 1.00. The first-order valence-electron chi connectivity index (χ1n) is 7.96. The van der Waals surface area contributed by atoms with Gasteiger partial charge in [-0.05, 0) is 64.6 Å². The van der Waals surface area contributed by atoms with E-state index in [2.05, 4.69) is 17.1 Å². The predicted molar refractivity (Wildman–Crippen MR) is 76.0 cm³/mol. The third-order valence-corrected chi connectivity index (χ3v) is 4.27. The van der Waals surface area contributed by atoms with E-state index in [0.29, 0.717) is 6.10 Å². The summed E-state index contributed by atoms with van der Waals surface area (Å²) in [6.07, 6.45) is 9.62. The van der Waals surface area contributed by atoms with Crippen molar-refractivity contribution >= 4 is 0 Å². The molecule has 0 aliphatic carbocycles. The average molecular weight is 254 g/mol. The number of hydrogen-bond acceptors (Lipinski definition) is 3. The second kappa shape index (κ2) is 8.13. The molecule has 2 heterocycles. The van der Waals surface area contributed by atoms with Crippen molar-refractivity contribution in [1.29, 1.82) is 0 Å². The fourth-order valence-corrected chi connectivity index (χ4v) is 3.17. The maximum atomic E-state index is 5.79. The Bertz CT molecular complexity index is 217. The zero-order valence-corrected chi connectivity index (χ0v) is 12.0. The number of ether oxygens (including phenoxy) is 1. The fourth-order valence-electron chi connectivity index (χ4n) is 3.17. The Kier molecular flexibility index (Phi) is 6.46. The van der Waals surface area contributed by atoms with E-state index >= 15 is 0 Å². The van der Waals surface area contributed by atoms with Gasteiger partial charge in [0.05, 0.1) is 6.10 Å². The van der Waals surface area contributed by atoms with Crippen LogP contribution in [0, 0.1) is 0 Å². The molecule has 2 aliphatic rings. The van der Waals surface area contributed by atoms with Crippen molar-refractivity contribution in [2.45, 2.75) is 64.0 Å². The van der Waals surface area contributed by atoms with Gasteiger partial charge in [0.15, 0.2) is 0 Å². The molecule has 0 aromatic heterocycles. The molecule has 0 radical (unpaired) electrons. The van der Waals surface area contributed by atoms with Crippen LogP contribution in [0.1, 0.15) is 51.9 Å². The van der Waals surface area contributed by atoms with Crippen LogP contribution in [0.4, 0.5) is 0 Å². The van der Waals surface area contributed by atoms with Gasteiger partial charge in [0.25, 0.3) is 0 Å². The summed E-state index contributed by atoms with van der Waals surface area (Å²) in [4.78, 5) is 2.62. The first-order chi connectivity index (χ1) is 8.88. The summed E-state index contributed by atoms with van der Waals surface area (Å²) in [7, 11) is 0. The van der Waals surface area contributed by atoms with E-state index in [4.69, 9.17) is 4.74 Å². The highest BCUT2D eigenvalue weighted by molar-refractivity contribution is 4.77. The largest absolute Gasteiger partial charge is 0.377 e. The van der Waals surface area contributed by atoms with Crippen LogP contribution in [-0.4, -0.2) is 49.8 Å². The molecule has 0 saturated carbocycles. The quantitative estimate of drug-likeness (QED) is 0.815. The van der Waals surface area contributed by atoms with Gasteiger partial charge < -0.3 is 15.0 Å². The molecule has 2 rings (SSSR count). The summed E-state index contributed by atoms with van der Waals surface area (Å²) in [5.41, 5.74) is 0. The summed E-state index contributed by atoms with van der Waals surface area (Å²) in [6.45, 7) is 8.17. The predicted octanol–water partition coefficient (Wildman–Crippen LogP) is 2.41. The van der Waals surface area contributed by atoms with Gasteiger partial charge in [-0.25, -0.2) is 0 Å². The lowest BCUT2D eigenvalue weighted by Crippen LogP contribution is -2.38. The van der Waals surface area contributed by atoms with Crippen molar-refractivity contribution in [2.75, 3.05) is 32.8 Å². The second-order valence-corrected chi connectivity index (χ2v) is 5.87. The maximum Gasteiger partial charge on any atom is 0.0699 e. The molecule has 1 N–H and O–H groups in total. The number of hydrogen-bond donors (Lipinski definition) is 1. The van der Waals surface area contributed by atoms with Crippen molar-refractivity contribution in [3.8, 4) is 0 Å². The molecule has 0 aromatic carbocycles. The van der Waals surface area contributed by atoms with Crippen LogP contribution in [0.5, 0.6) is 0 Å². The Morgan fingerprint density at radius 2 is 2.06 bits per heavy atom. The Morgan fingerprint density at radius 1 is 1.11 bits per heavy atom. The molecule has 2 unspecified atom stereocenters. The summed E-state index contributed by atoms with van der Waals surface area (Å²) in [5.74, 6) is 0. The number of nitrogens with zero attached hydrogens (tertiary/aromatic N) is 1. The summed E-state index contributed by atoms with van der Waals surface area (Å²) < 4.78 is 5.79. The smallest absolute Gasteiger partial charge is 0.0699 e. The van der Waals surface area contributed by atoms with E-state index in [0.717, 1.165) is 19.2 Å². The van der Waals surface area contributed by atoms with E-state index in [-0.39, 0.29) is 0 Å². The zero-order chi connectivity index (χ0) is 12.6. The minimum atomic E-state index is 0.480. The van der Waals surface area contributed by atoms with Crippen molar-refractivity contribution in [3.63, 3.8) is 0 Å². The molecule has 2 aliphatic heterocycles. The average Bonchev–Trinajstić information content (AvgIpc) is 2.64. The van der Waals surface area contributed by atoms with Crippen LogP contribution in [-0.2, 0) is 4.74 Å². The monoisotopic (exact) mass is 254 g/mol. The van der Waals surface area contributed by atoms with Gasteiger partial charge >= 0.3 is 0 Å². The van der Waals surface area contributed by atoms with Crippen LogP contribution >= 0.6 is 0 Å². The number of likely N-dealkylation sites (tertiary alicyclic amines) is 1. The lowest BCUT2D eigenvalue weighted by Gasteiger charge is -2.25. The minimum absolute atomic E-state index is 0.480. The molecule has 0 amide bonds. The van der Waals surface area contributed by atoms with E-state index in [1.54, 1.807) is 0 Å². The molecule has 3 heteroatoms. The van der Waals surface area contributed by atoms with Gasteiger partial charge in [-0.2, -0.15) is 0 Å². The van der Waals surface area contributed by atoms with Crippen LogP contribution in [0.2, 0.25) is 0 Å². The van der Waals surface area contributed by atoms with Crippen molar-refractivity contribution < 1.29 is 4.74 Å². The SMILES string of the molecule is CCCN1CCCC(NCC2CCCCO2)CC1.